The van der Waals surface area contributed by atoms with Gasteiger partial charge in [-0.1, -0.05) is 0 Å². The number of anilines is 1. The molecule has 104 valence electrons. The number of piperidine rings is 1. The van der Waals surface area contributed by atoms with Gasteiger partial charge in [0.25, 0.3) is 0 Å². The molecule has 3 nitrogen and oxygen atoms in total. The first-order valence-corrected chi connectivity index (χ1v) is 7.41. The Hall–Kier alpha value is -1.22. The SMILES string of the molecule is COc1ccc(NC2CCN3CCCC3C2)cc1C. The molecule has 2 aliphatic heterocycles. The first-order valence-electron chi connectivity index (χ1n) is 7.41. The molecule has 0 aromatic heterocycles. The van der Waals surface area contributed by atoms with Gasteiger partial charge in [-0.15, -0.1) is 0 Å². The summed E-state index contributed by atoms with van der Waals surface area (Å²) in [7, 11) is 1.73. The summed E-state index contributed by atoms with van der Waals surface area (Å²) < 4.78 is 5.31. The van der Waals surface area contributed by atoms with Crippen molar-refractivity contribution in [1.29, 1.82) is 0 Å². The largest absolute Gasteiger partial charge is 0.496 e. The normalized spacial score (nSPS) is 27.1. The number of methoxy groups -OCH3 is 1. The number of fused-ring (bicyclic) bond motifs is 1. The third-order valence-corrected chi connectivity index (χ3v) is 4.59. The Morgan fingerprint density at radius 2 is 2.16 bits per heavy atom. The molecule has 0 amide bonds. The van der Waals surface area contributed by atoms with Gasteiger partial charge in [0.2, 0.25) is 0 Å². The molecule has 1 aromatic carbocycles. The first kappa shape index (κ1) is 12.8. The molecule has 19 heavy (non-hydrogen) atoms. The molecule has 0 spiro atoms. The number of ether oxygens (including phenoxy) is 1. The molecule has 0 bridgehead atoms. The highest BCUT2D eigenvalue weighted by molar-refractivity contribution is 5.51. The van der Waals surface area contributed by atoms with Gasteiger partial charge in [0, 0.05) is 24.3 Å². The number of nitrogens with zero attached hydrogens (tertiary/aromatic N) is 1. The highest BCUT2D eigenvalue weighted by Gasteiger charge is 2.31. The number of rotatable bonds is 3. The van der Waals surface area contributed by atoms with Gasteiger partial charge in [0.15, 0.2) is 0 Å². The van der Waals surface area contributed by atoms with Crippen LogP contribution in [0.1, 0.15) is 31.2 Å². The van der Waals surface area contributed by atoms with Crippen LogP contribution in [0.3, 0.4) is 0 Å². The fourth-order valence-corrected chi connectivity index (χ4v) is 3.56. The molecule has 2 heterocycles. The second-order valence-electron chi connectivity index (χ2n) is 5.88. The first-order chi connectivity index (χ1) is 9.26. The molecule has 0 aliphatic carbocycles. The van der Waals surface area contributed by atoms with Crippen molar-refractivity contribution in [2.45, 2.75) is 44.7 Å². The van der Waals surface area contributed by atoms with Crippen LogP contribution in [0.25, 0.3) is 0 Å². The van der Waals surface area contributed by atoms with E-state index < -0.39 is 0 Å². The van der Waals surface area contributed by atoms with Crippen LogP contribution < -0.4 is 10.1 Å². The second-order valence-corrected chi connectivity index (χ2v) is 5.88. The summed E-state index contributed by atoms with van der Waals surface area (Å²) in [5, 5.41) is 3.70. The van der Waals surface area contributed by atoms with Crippen LogP contribution >= 0.6 is 0 Å². The van der Waals surface area contributed by atoms with Crippen LogP contribution in [0.5, 0.6) is 5.75 Å². The molecular weight excluding hydrogens is 236 g/mol. The summed E-state index contributed by atoms with van der Waals surface area (Å²) in [5.74, 6) is 0.969. The van der Waals surface area contributed by atoms with Gasteiger partial charge >= 0.3 is 0 Å². The predicted octanol–water partition coefficient (Wildman–Crippen LogP) is 3.04. The Bertz CT molecular complexity index is 446. The van der Waals surface area contributed by atoms with Crippen molar-refractivity contribution in [3.8, 4) is 5.75 Å². The molecule has 3 rings (SSSR count). The summed E-state index contributed by atoms with van der Waals surface area (Å²) >= 11 is 0. The van der Waals surface area contributed by atoms with Crippen LogP contribution in [0.15, 0.2) is 18.2 Å². The Balaban J connectivity index is 1.63. The Labute approximate surface area is 115 Å². The van der Waals surface area contributed by atoms with E-state index in [0.717, 1.165) is 11.8 Å². The van der Waals surface area contributed by atoms with Crippen molar-refractivity contribution < 1.29 is 4.74 Å². The number of benzene rings is 1. The van der Waals surface area contributed by atoms with Gasteiger partial charge in [-0.25, -0.2) is 0 Å². The standard InChI is InChI=1S/C16H24N2O/c1-12-10-13(5-6-16(12)19-2)17-14-7-9-18-8-3-4-15(18)11-14/h5-6,10,14-15,17H,3-4,7-9,11H2,1-2H3. The quantitative estimate of drug-likeness (QED) is 0.904. The number of hydrogen-bond donors (Lipinski definition) is 1. The lowest BCUT2D eigenvalue weighted by molar-refractivity contribution is 0.188. The smallest absolute Gasteiger partial charge is 0.121 e. The minimum absolute atomic E-state index is 0.632. The highest BCUT2D eigenvalue weighted by atomic mass is 16.5. The fourth-order valence-electron chi connectivity index (χ4n) is 3.56. The minimum Gasteiger partial charge on any atom is -0.496 e. The second kappa shape index (κ2) is 5.41. The lowest BCUT2D eigenvalue weighted by Crippen LogP contribution is -2.42. The van der Waals surface area contributed by atoms with Gasteiger partial charge in [-0.05, 0) is 62.9 Å². The van der Waals surface area contributed by atoms with Crippen molar-refractivity contribution in [2.75, 3.05) is 25.5 Å². The number of aryl methyl sites for hydroxylation is 1. The number of hydrogen-bond acceptors (Lipinski definition) is 3. The fraction of sp³-hybridized carbons (Fsp3) is 0.625. The molecule has 3 heteroatoms. The van der Waals surface area contributed by atoms with E-state index in [-0.39, 0.29) is 0 Å². The summed E-state index contributed by atoms with van der Waals surface area (Å²) in [5.41, 5.74) is 2.43. The molecule has 0 radical (unpaired) electrons. The highest BCUT2D eigenvalue weighted by Crippen LogP contribution is 2.29. The Morgan fingerprint density at radius 3 is 2.95 bits per heavy atom. The van der Waals surface area contributed by atoms with Gasteiger partial charge in [-0.2, -0.15) is 0 Å². The van der Waals surface area contributed by atoms with Crippen molar-refractivity contribution in [2.24, 2.45) is 0 Å². The van der Waals surface area contributed by atoms with Gasteiger partial charge in [-0.3, -0.25) is 0 Å². The molecule has 1 aromatic rings. The van der Waals surface area contributed by atoms with E-state index in [1.165, 1.54) is 50.0 Å². The summed E-state index contributed by atoms with van der Waals surface area (Å²) in [4.78, 5) is 2.66. The van der Waals surface area contributed by atoms with Gasteiger partial charge in [0.05, 0.1) is 7.11 Å². The van der Waals surface area contributed by atoms with Crippen molar-refractivity contribution in [3.05, 3.63) is 23.8 Å². The van der Waals surface area contributed by atoms with Crippen LogP contribution in [0.2, 0.25) is 0 Å². The Kier molecular flexibility index (Phi) is 3.65. The van der Waals surface area contributed by atoms with Crippen molar-refractivity contribution in [1.82, 2.24) is 4.90 Å². The zero-order valence-electron chi connectivity index (χ0n) is 12.0. The maximum atomic E-state index is 5.31. The lowest BCUT2D eigenvalue weighted by Gasteiger charge is -2.35. The van der Waals surface area contributed by atoms with Gasteiger partial charge < -0.3 is 15.0 Å². The predicted molar refractivity (Wildman–Crippen MR) is 79.0 cm³/mol. The Morgan fingerprint density at radius 1 is 1.26 bits per heavy atom. The van der Waals surface area contributed by atoms with E-state index in [4.69, 9.17) is 4.74 Å². The maximum Gasteiger partial charge on any atom is 0.121 e. The topological polar surface area (TPSA) is 24.5 Å². The van der Waals surface area contributed by atoms with E-state index in [2.05, 4.69) is 35.3 Å². The third kappa shape index (κ3) is 2.71. The van der Waals surface area contributed by atoms with E-state index in [1.54, 1.807) is 7.11 Å². The van der Waals surface area contributed by atoms with Crippen LogP contribution in [-0.2, 0) is 0 Å². The van der Waals surface area contributed by atoms with Gasteiger partial charge in [0.1, 0.15) is 5.75 Å². The average molecular weight is 260 g/mol. The molecule has 1 N–H and O–H groups in total. The van der Waals surface area contributed by atoms with E-state index in [9.17, 15) is 0 Å². The zero-order chi connectivity index (χ0) is 13.2. The molecular formula is C16H24N2O. The molecule has 2 aliphatic rings. The average Bonchev–Trinajstić information content (AvgIpc) is 2.86. The van der Waals surface area contributed by atoms with E-state index in [0.29, 0.717) is 6.04 Å². The van der Waals surface area contributed by atoms with Crippen LogP contribution in [0.4, 0.5) is 5.69 Å². The van der Waals surface area contributed by atoms with Crippen LogP contribution in [-0.4, -0.2) is 37.2 Å². The van der Waals surface area contributed by atoms with Crippen LogP contribution in [0, 0.1) is 6.92 Å². The lowest BCUT2D eigenvalue weighted by atomic mass is 9.97. The molecule has 2 unspecified atom stereocenters. The van der Waals surface area contributed by atoms with Crippen molar-refractivity contribution >= 4 is 5.69 Å². The third-order valence-electron chi connectivity index (χ3n) is 4.59. The van der Waals surface area contributed by atoms with E-state index >= 15 is 0 Å². The van der Waals surface area contributed by atoms with Crippen molar-refractivity contribution in [3.63, 3.8) is 0 Å². The summed E-state index contributed by atoms with van der Waals surface area (Å²) in [6.07, 6.45) is 5.34. The zero-order valence-corrected chi connectivity index (χ0v) is 12.0. The summed E-state index contributed by atoms with van der Waals surface area (Å²) in [6, 6.07) is 7.84. The van der Waals surface area contributed by atoms with E-state index in [1.807, 2.05) is 0 Å². The maximum absolute atomic E-state index is 5.31. The molecule has 2 saturated heterocycles. The number of nitrogens with one attached hydrogen (secondary N) is 1. The summed E-state index contributed by atoms with van der Waals surface area (Å²) in [6.45, 7) is 4.68. The molecule has 0 saturated carbocycles. The molecule has 2 atom stereocenters. The minimum atomic E-state index is 0.632. The monoisotopic (exact) mass is 260 g/mol. The molecule has 2 fully saturated rings.